The van der Waals surface area contributed by atoms with E-state index in [1.54, 1.807) is 0 Å². The van der Waals surface area contributed by atoms with Crippen molar-refractivity contribution < 1.29 is 0 Å². The molecule has 0 fully saturated rings. The van der Waals surface area contributed by atoms with Crippen LogP contribution in [0.2, 0.25) is 19.6 Å². The van der Waals surface area contributed by atoms with E-state index >= 15 is 0 Å². The van der Waals surface area contributed by atoms with Gasteiger partial charge in [-0.2, -0.15) is 0 Å². The minimum absolute atomic E-state index is 1.24. The topological polar surface area (TPSA) is 12.0 Å². The van der Waals surface area contributed by atoms with Gasteiger partial charge in [-0.05, 0) is 12.5 Å². The normalized spacial score (nSPS) is 12.7. The van der Waals surface area contributed by atoms with Gasteiger partial charge in [-0.1, -0.05) is 56.0 Å². The van der Waals surface area contributed by atoms with E-state index in [4.69, 9.17) is 0 Å². The second kappa shape index (κ2) is 4.47. The summed E-state index contributed by atoms with van der Waals surface area (Å²) in [6, 6.07) is 10.5. The lowest BCUT2D eigenvalue weighted by atomic mass is 10.2. The first-order valence-corrected chi connectivity index (χ1v) is 8.53. The van der Waals surface area contributed by atoms with Crippen LogP contribution in [0.4, 0.5) is 0 Å². The van der Waals surface area contributed by atoms with Gasteiger partial charge in [-0.3, -0.25) is 0 Å². The number of rotatable bonds is 3. The van der Waals surface area contributed by atoms with Gasteiger partial charge in [0.25, 0.3) is 0 Å². The lowest BCUT2D eigenvalue weighted by Gasteiger charge is -2.22. The van der Waals surface area contributed by atoms with Crippen molar-refractivity contribution in [3.05, 3.63) is 42.0 Å². The van der Waals surface area contributed by atoms with Gasteiger partial charge in [0.15, 0.2) is 0 Å². The van der Waals surface area contributed by atoms with Crippen LogP contribution in [-0.4, -0.2) is 8.24 Å². The molecule has 2 heteroatoms. The summed E-state index contributed by atoms with van der Waals surface area (Å²) in [6.07, 6.45) is 2.15. The van der Waals surface area contributed by atoms with Gasteiger partial charge in [-0.15, -0.1) is 0 Å². The molecule has 0 spiro atoms. The Morgan fingerprint density at radius 1 is 1.14 bits per heavy atom. The van der Waals surface area contributed by atoms with E-state index in [-0.39, 0.29) is 0 Å². The SMILES string of the molecule is C/C=C(\N[Si](C)(C)C)c1ccccc1. The van der Waals surface area contributed by atoms with E-state index in [9.17, 15) is 0 Å². The van der Waals surface area contributed by atoms with Gasteiger partial charge in [-0.25, -0.2) is 0 Å². The molecule has 0 bridgehead atoms. The second-order valence-electron chi connectivity index (χ2n) is 4.44. The third kappa shape index (κ3) is 3.38. The maximum atomic E-state index is 3.62. The van der Waals surface area contributed by atoms with Crippen molar-refractivity contribution in [2.24, 2.45) is 0 Å². The largest absolute Gasteiger partial charge is 0.411 e. The average molecular weight is 205 g/mol. The zero-order valence-corrected chi connectivity index (χ0v) is 10.5. The van der Waals surface area contributed by atoms with Crippen molar-refractivity contribution in [3.63, 3.8) is 0 Å². The van der Waals surface area contributed by atoms with Gasteiger partial charge >= 0.3 is 0 Å². The Labute approximate surface area is 87.9 Å². The van der Waals surface area contributed by atoms with Crippen molar-refractivity contribution in [3.8, 4) is 0 Å². The number of benzene rings is 1. The fraction of sp³-hybridized carbons (Fsp3) is 0.333. The molecule has 0 radical (unpaired) electrons. The number of allylic oxidation sites excluding steroid dienone is 1. The fourth-order valence-corrected chi connectivity index (χ4v) is 2.43. The van der Waals surface area contributed by atoms with Crippen LogP contribution in [0.1, 0.15) is 12.5 Å². The van der Waals surface area contributed by atoms with Crippen LogP contribution < -0.4 is 4.98 Å². The smallest absolute Gasteiger partial charge is 0.144 e. The van der Waals surface area contributed by atoms with Gasteiger partial charge in [0.1, 0.15) is 8.24 Å². The zero-order chi connectivity index (χ0) is 10.6. The van der Waals surface area contributed by atoms with E-state index in [2.05, 4.69) is 61.9 Å². The molecule has 0 saturated heterocycles. The van der Waals surface area contributed by atoms with Crippen molar-refractivity contribution in [2.45, 2.75) is 26.6 Å². The Hall–Kier alpha value is -1.02. The van der Waals surface area contributed by atoms with Crippen LogP contribution in [0.25, 0.3) is 5.70 Å². The maximum absolute atomic E-state index is 3.62. The highest BCUT2D eigenvalue weighted by Crippen LogP contribution is 2.13. The third-order valence-corrected chi connectivity index (χ3v) is 2.90. The lowest BCUT2D eigenvalue weighted by molar-refractivity contribution is 1.26. The molecule has 0 aliphatic rings. The lowest BCUT2D eigenvalue weighted by Crippen LogP contribution is -2.39. The molecule has 0 unspecified atom stereocenters. The molecule has 0 aliphatic heterocycles. The summed E-state index contributed by atoms with van der Waals surface area (Å²) in [5, 5.41) is 0. The van der Waals surface area contributed by atoms with Crippen molar-refractivity contribution in [2.75, 3.05) is 0 Å². The molecule has 0 heterocycles. The van der Waals surface area contributed by atoms with Gasteiger partial charge in [0, 0.05) is 5.70 Å². The van der Waals surface area contributed by atoms with E-state index in [1.165, 1.54) is 11.3 Å². The quantitative estimate of drug-likeness (QED) is 0.745. The Balaban J connectivity index is 2.85. The van der Waals surface area contributed by atoms with Crippen LogP contribution in [0.3, 0.4) is 0 Å². The van der Waals surface area contributed by atoms with Gasteiger partial charge in [0.2, 0.25) is 0 Å². The van der Waals surface area contributed by atoms with E-state index in [1.807, 2.05) is 6.07 Å². The first kappa shape index (κ1) is 11.1. The molecule has 1 N–H and O–H groups in total. The zero-order valence-electron chi connectivity index (χ0n) is 9.46. The summed E-state index contributed by atoms with van der Waals surface area (Å²) < 4.78 is 0. The summed E-state index contributed by atoms with van der Waals surface area (Å²) in [6.45, 7) is 8.99. The minimum Gasteiger partial charge on any atom is -0.411 e. The Bertz CT molecular complexity index is 309. The molecule has 14 heavy (non-hydrogen) atoms. The number of hydrogen-bond acceptors (Lipinski definition) is 1. The summed E-state index contributed by atoms with van der Waals surface area (Å²) >= 11 is 0. The Morgan fingerprint density at radius 2 is 1.71 bits per heavy atom. The predicted molar refractivity (Wildman–Crippen MR) is 66.6 cm³/mol. The summed E-state index contributed by atoms with van der Waals surface area (Å²) in [7, 11) is -1.24. The molecule has 0 aromatic heterocycles. The Kier molecular flexibility index (Phi) is 3.53. The molecule has 1 nitrogen and oxygen atoms in total. The highest BCUT2D eigenvalue weighted by molar-refractivity contribution is 6.74. The monoisotopic (exact) mass is 205 g/mol. The average Bonchev–Trinajstić information content (AvgIpc) is 2.14. The molecule has 1 aromatic rings. The standard InChI is InChI=1S/C12H19NSi/c1-5-12(13-14(2,3)4)11-9-7-6-8-10-11/h5-10,13H,1-4H3/b12-5-. The number of nitrogens with one attached hydrogen (secondary N) is 1. The molecule has 1 aromatic carbocycles. The van der Waals surface area contributed by atoms with Gasteiger partial charge < -0.3 is 4.98 Å². The van der Waals surface area contributed by atoms with Crippen LogP contribution in [0, 0.1) is 0 Å². The molecule has 0 saturated carbocycles. The maximum Gasteiger partial charge on any atom is 0.144 e. The van der Waals surface area contributed by atoms with Crippen molar-refractivity contribution in [1.82, 2.24) is 4.98 Å². The molecule has 0 atom stereocenters. The summed E-state index contributed by atoms with van der Waals surface area (Å²) in [5.74, 6) is 0. The molecular formula is C12H19NSi. The molecule has 1 rings (SSSR count). The highest BCUT2D eigenvalue weighted by atomic mass is 28.3. The van der Waals surface area contributed by atoms with Crippen LogP contribution in [0.5, 0.6) is 0 Å². The summed E-state index contributed by atoms with van der Waals surface area (Å²) in [5.41, 5.74) is 2.53. The van der Waals surface area contributed by atoms with Crippen LogP contribution in [-0.2, 0) is 0 Å². The van der Waals surface area contributed by atoms with Crippen LogP contribution >= 0.6 is 0 Å². The highest BCUT2D eigenvalue weighted by Gasteiger charge is 2.14. The fourth-order valence-electron chi connectivity index (χ4n) is 1.33. The number of hydrogen-bond donors (Lipinski definition) is 1. The van der Waals surface area contributed by atoms with Crippen LogP contribution in [0.15, 0.2) is 36.4 Å². The molecule has 76 valence electrons. The molecule has 0 amide bonds. The third-order valence-electron chi connectivity index (χ3n) is 1.88. The van der Waals surface area contributed by atoms with E-state index in [0.717, 1.165) is 0 Å². The molecule has 0 aliphatic carbocycles. The first-order chi connectivity index (χ1) is 6.53. The molecular weight excluding hydrogens is 186 g/mol. The Morgan fingerprint density at radius 3 is 2.14 bits per heavy atom. The first-order valence-electron chi connectivity index (χ1n) is 5.03. The second-order valence-corrected chi connectivity index (χ2v) is 9.19. The van der Waals surface area contributed by atoms with E-state index in [0.29, 0.717) is 0 Å². The van der Waals surface area contributed by atoms with Crippen molar-refractivity contribution >= 4 is 13.9 Å². The van der Waals surface area contributed by atoms with Gasteiger partial charge in [0.05, 0.1) is 0 Å². The predicted octanol–water partition coefficient (Wildman–Crippen LogP) is 3.47. The summed E-state index contributed by atoms with van der Waals surface area (Å²) in [4.78, 5) is 3.62. The van der Waals surface area contributed by atoms with Crippen molar-refractivity contribution in [1.29, 1.82) is 0 Å². The van der Waals surface area contributed by atoms with E-state index < -0.39 is 8.24 Å². The minimum atomic E-state index is -1.24.